The Labute approximate surface area is 415 Å². The topological polar surface area (TPSA) is 452 Å². The highest BCUT2D eigenvalue weighted by Gasteiger charge is 2.35. The van der Waals surface area contributed by atoms with Gasteiger partial charge in [0.2, 0.25) is 70.9 Å². The van der Waals surface area contributed by atoms with Gasteiger partial charge in [0.1, 0.15) is 48.0 Å². The van der Waals surface area contributed by atoms with Crippen LogP contribution >= 0.6 is 0 Å². The minimum Gasteiger partial charge on any atom is -0.508 e. The number of amides is 12. The zero-order valence-electron chi connectivity index (χ0n) is 40.3. The van der Waals surface area contributed by atoms with Crippen LogP contribution in [0.3, 0.4) is 0 Å². The minimum atomic E-state index is -1.95. The molecule has 0 radical (unpaired) electrons. The van der Waals surface area contributed by atoms with Gasteiger partial charge in [-0.2, -0.15) is 0 Å². The van der Waals surface area contributed by atoms with Gasteiger partial charge in [-0.05, 0) is 24.1 Å². The lowest BCUT2D eigenvalue weighted by atomic mass is 10.0. The van der Waals surface area contributed by atoms with E-state index in [1.807, 2.05) is 0 Å². The predicted octanol–water partition coefficient (Wildman–Crippen LogP) is -5.50. The third kappa shape index (κ3) is 23.5. The van der Waals surface area contributed by atoms with Gasteiger partial charge in [0.25, 0.3) is 0 Å². The Balaban J connectivity index is 2.58. The molecule has 18 N–H and O–H groups in total. The van der Waals surface area contributed by atoms with Crippen LogP contribution in [-0.4, -0.2) is 155 Å². The van der Waals surface area contributed by atoms with Gasteiger partial charge in [-0.3, -0.25) is 57.5 Å². The molecule has 27 nitrogen and oxygen atoms in total. The van der Waals surface area contributed by atoms with Crippen molar-refractivity contribution in [2.24, 2.45) is 17.2 Å². The van der Waals surface area contributed by atoms with Crippen molar-refractivity contribution in [3.63, 3.8) is 0 Å². The standard InChI is InChI=1S/C45H70N12O15/c1-2-3-4-5-6-7-8-9-10-11-16-49-39(66)31-21-37(64)52-32(23-58)44(71)53-27(17-25-12-14-26(60)15-13-25)41(68)54-28(18-34(46)61)40(67)50-22-38(65)51-29(19-35(47)62)42(69)57-33(24-59)45(72)55-30(20-36(48)63)43(70)56-31/h12-15,27-33,58-60H,2-11,16-24H2,1H3,(H2,46,61)(H2,47,62)(H2,48,63)(H,49,66)(H,50,67)(H,51,65)(H,52,64)(H,53,71)(H,54,68)(H,55,72)(H,56,70)(H,57,69)/t27-,28-,29-,30-,31+,32-,33+/m1/s1. The van der Waals surface area contributed by atoms with Gasteiger partial charge < -0.3 is 80.4 Å². The predicted molar refractivity (Wildman–Crippen MR) is 253 cm³/mol. The first kappa shape index (κ1) is 60.7. The summed E-state index contributed by atoms with van der Waals surface area (Å²) < 4.78 is 0. The van der Waals surface area contributed by atoms with Crippen LogP contribution in [0.4, 0.5) is 0 Å². The van der Waals surface area contributed by atoms with Crippen LogP contribution in [0.2, 0.25) is 0 Å². The molecule has 0 unspecified atom stereocenters. The lowest BCUT2D eigenvalue weighted by molar-refractivity contribution is -0.137. The third-order valence-corrected chi connectivity index (χ3v) is 11.1. The van der Waals surface area contributed by atoms with Crippen LogP contribution < -0.4 is 65.1 Å². The van der Waals surface area contributed by atoms with Crippen molar-refractivity contribution in [1.29, 1.82) is 0 Å². The van der Waals surface area contributed by atoms with E-state index in [1.54, 1.807) is 0 Å². The van der Waals surface area contributed by atoms with E-state index in [9.17, 15) is 72.9 Å². The summed E-state index contributed by atoms with van der Waals surface area (Å²) in [5, 5.41) is 50.3. The number of benzene rings is 1. The summed E-state index contributed by atoms with van der Waals surface area (Å²) in [6.45, 7) is -1.03. The number of unbranched alkanes of at least 4 members (excludes halogenated alkanes) is 9. The van der Waals surface area contributed by atoms with Gasteiger partial charge in [0.05, 0.1) is 45.4 Å². The molecule has 72 heavy (non-hydrogen) atoms. The number of carbonyl (C=O) groups is 12. The molecule has 0 bridgehead atoms. The quantitative estimate of drug-likeness (QED) is 0.0482. The SMILES string of the molecule is CCCCCCCCCCCCNC(=O)[C@@H]1CC(=O)N[C@H](CO)C(=O)N[C@H](Cc2ccc(O)cc2)C(=O)N[C@H](CC(N)=O)C(=O)NCC(=O)N[C@H](CC(N)=O)C(=O)N[C@@H](CO)C(=O)N[C@H](CC(N)=O)C(=O)N1. The number of phenols is 1. The van der Waals surface area contributed by atoms with E-state index in [-0.39, 0.29) is 18.7 Å². The molecule has 12 amide bonds. The second-order valence-electron chi connectivity index (χ2n) is 17.2. The van der Waals surface area contributed by atoms with Crippen LogP contribution in [-0.2, 0) is 64.0 Å². The van der Waals surface area contributed by atoms with Crippen molar-refractivity contribution in [2.75, 3.05) is 26.3 Å². The number of aliphatic hydroxyl groups is 2. The van der Waals surface area contributed by atoms with Crippen molar-refractivity contribution >= 4 is 70.9 Å². The van der Waals surface area contributed by atoms with E-state index in [0.29, 0.717) is 12.0 Å². The summed E-state index contributed by atoms with van der Waals surface area (Å²) in [4.78, 5) is 158. The Hall–Kier alpha value is -7.42. The van der Waals surface area contributed by atoms with Crippen molar-refractivity contribution in [3.05, 3.63) is 29.8 Å². The molecular formula is C45H70N12O15. The molecule has 1 aliphatic heterocycles. The Morgan fingerprint density at radius 3 is 1.44 bits per heavy atom. The van der Waals surface area contributed by atoms with Crippen molar-refractivity contribution in [1.82, 2.24) is 47.9 Å². The molecule has 0 aliphatic carbocycles. The number of nitrogens with one attached hydrogen (secondary N) is 9. The fourth-order valence-electron chi connectivity index (χ4n) is 7.19. The van der Waals surface area contributed by atoms with Crippen LogP contribution in [0.25, 0.3) is 0 Å². The zero-order valence-corrected chi connectivity index (χ0v) is 40.3. The molecule has 1 fully saturated rings. The Morgan fingerprint density at radius 1 is 0.528 bits per heavy atom. The zero-order chi connectivity index (χ0) is 53.8. The summed E-state index contributed by atoms with van der Waals surface area (Å²) in [7, 11) is 0. The maximum absolute atomic E-state index is 13.9. The van der Waals surface area contributed by atoms with Crippen LogP contribution in [0.1, 0.15) is 102 Å². The smallest absolute Gasteiger partial charge is 0.245 e. The summed E-state index contributed by atoms with van der Waals surface area (Å²) in [6, 6.07) is -7.58. The lowest BCUT2D eigenvalue weighted by Gasteiger charge is -2.26. The molecule has 1 saturated heterocycles. The van der Waals surface area contributed by atoms with Crippen LogP contribution in [0.15, 0.2) is 24.3 Å². The monoisotopic (exact) mass is 1020 g/mol. The van der Waals surface area contributed by atoms with E-state index in [1.165, 1.54) is 37.1 Å². The molecule has 1 aromatic rings. The second-order valence-corrected chi connectivity index (χ2v) is 17.2. The van der Waals surface area contributed by atoms with Crippen LogP contribution in [0.5, 0.6) is 5.75 Å². The average Bonchev–Trinajstić information content (AvgIpc) is 3.31. The van der Waals surface area contributed by atoms with Crippen molar-refractivity contribution in [3.8, 4) is 5.75 Å². The maximum atomic E-state index is 13.9. The van der Waals surface area contributed by atoms with Gasteiger partial charge in [-0.1, -0.05) is 76.8 Å². The maximum Gasteiger partial charge on any atom is 0.245 e. The van der Waals surface area contributed by atoms with E-state index in [0.717, 1.165) is 44.9 Å². The highest BCUT2D eigenvalue weighted by molar-refractivity contribution is 6.00. The molecule has 1 aromatic carbocycles. The van der Waals surface area contributed by atoms with Gasteiger partial charge in [-0.25, -0.2) is 0 Å². The molecule has 400 valence electrons. The van der Waals surface area contributed by atoms with Gasteiger partial charge in [0, 0.05) is 13.0 Å². The first-order valence-corrected chi connectivity index (χ1v) is 23.7. The van der Waals surface area contributed by atoms with Crippen LogP contribution in [0, 0.1) is 0 Å². The Bertz CT molecular complexity index is 2060. The number of nitrogens with two attached hydrogens (primary N) is 3. The Kier molecular flexibility index (Phi) is 27.4. The molecule has 0 saturated carbocycles. The number of hydrogen-bond donors (Lipinski definition) is 15. The summed E-state index contributed by atoms with van der Waals surface area (Å²) in [6.07, 6.45) is 5.91. The molecule has 0 aromatic heterocycles. The number of aliphatic hydroxyl groups excluding tert-OH is 2. The number of primary amides is 3. The molecule has 1 aliphatic rings. The number of rotatable bonds is 22. The third-order valence-electron chi connectivity index (χ3n) is 11.1. The lowest BCUT2D eigenvalue weighted by Crippen LogP contribution is -2.60. The van der Waals surface area contributed by atoms with E-state index in [4.69, 9.17) is 17.2 Å². The first-order chi connectivity index (χ1) is 34.2. The molecular weight excluding hydrogens is 949 g/mol. The number of carbonyl (C=O) groups excluding carboxylic acids is 12. The van der Waals surface area contributed by atoms with Gasteiger partial charge in [-0.15, -0.1) is 0 Å². The molecule has 2 rings (SSSR count). The van der Waals surface area contributed by atoms with E-state index in [2.05, 4.69) is 54.8 Å². The number of aromatic hydroxyl groups is 1. The number of hydrogen-bond acceptors (Lipinski definition) is 15. The van der Waals surface area contributed by atoms with Crippen molar-refractivity contribution in [2.45, 2.75) is 146 Å². The fraction of sp³-hybridized carbons (Fsp3) is 0.600. The Morgan fingerprint density at radius 2 is 0.931 bits per heavy atom. The highest BCUT2D eigenvalue weighted by atomic mass is 16.3. The summed E-state index contributed by atoms with van der Waals surface area (Å²) in [5.41, 5.74) is 16.3. The molecule has 7 atom stereocenters. The number of phenolic OH excluding ortho intramolecular Hbond substituents is 1. The van der Waals surface area contributed by atoms with E-state index >= 15 is 0 Å². The molecule has 1 heterocycles. The van der Waals surface area contributed by atoms with Crippen molar-refractivity contribution < 1.29 is 72.9 Å². The largest absolute Gasteiger partial charge is 0.508 e. The highest BCUT2D eigenvalue weighted by Crippen LogP contribution is 2.13. The normalized spacial score (nSPS) is 22.4. The van der Waals surface area contributed by atoms with Gasteiger partial charge >= 0.3 is 0 Å². The minimum absolute atomic E-state index is 0.0912. The molecule has 0 spiro atoms. The van der Waals surface area contributed by atoms with E-state index < -0.39 is 159 Å². The summed E-state index contributed by atoms with van der Waals surface area (Å²) in [5.74, 6) is -14.2. The average molecular weight is 1020 g/mol. The molecule has 27 heteroatoms. The fourth-order valence-corrected chi connectivity index (χ4v) is 7.19. The summed E-state index contributed by atoms with van der Waals surface area (Å²) >= 11 is 0. The first-order valence-electron chi connectivity index (χ1n) is 23.7. The van der Waals surface area contributed by atoms with Gasteiger partial charge in [0.15, 0.2) is 0 Å². The second kappa shape index (κ2) is 32.5.